The van der Waals surface area contributed by atoms with Gasteiger partial charge in [0.05, 0.1) is 29.9 Å². The summed E-state index contributed by atoms with van der Waals surface area (Å²) in [6.45, 7) is 7.11. The number of benzene rings is 1. The molecule has 1 aliphatic carbocycles. The lowest BCUT2D eigenvalue weighted by Gasteiger charge is -2.26. The number of carbonyl (C=O) groups is 1. The highest BCUT2D eigenvalue weighted by Gasteiger charge is 2.17. The molecule has 0 fully saturated rings. The first kappa shape index (κ1) is 26.9. The van der Waals surface area contributed by atoms with Gasteiger partial charge in [0.1, 0.15) is 17.4 Å². The fourth-order valence-electron chi connectivity index (χ4n) is 4.59. The van der Waals surface area contributed by atoms with E-state index < -0.39 is 0 Å². The number of amides is 1. The number of methoxy groups -OCH3 is 1. The molecule has 4 rings (SSSR count). The van der Waals surface area contributed by atoms with Gasteiger partial charge in [0.25, 0.3) is 0 Å². The second-order valence-electron chi connectivity index (χ2n) is 9.74. The third-order valence-corrected chi connectivity index (χ3v) is 6.55. The number of fused-ring (bicyclic) bond motifs is 1. The number of ether oxygens (including phenoxy) is 1. The van der Waals surface area contributed by atoms with Gasteiger partial charge >= 0.3 is 0 Å². The molecule has 0 bridgehead atoms. The number of carbonyl (C=O) groups excluding carboxylic acids is 1. The van der Waals surface area contributed by atoms with Gasteiger partial charge in [-0.2, -0.15) is 0 Å². The molecule has 2 N–H and O–H groups in total. The van der Waals surface area contributed by atoms with Crippen molar-refractivity contribution in [3.63, 3.8) is 0 Å². The fourth-order valence-corrected chi connectivity index (χ4v) is 4.59. The van der Waals surface area contributed by atoms with Crippen molar-refractivity contribution in [1.82, 2.24) is 19.4 Å². The lowest BCUT2D eigenvalue weighted by Crippen LogP contribution is -2.30. The van der Waals surface area contributed by atoms with Gasteiger partial charge in [0, 0.05) is 61.6 Å². The first-order valence-corrected chi connectivity index (χ1v) is 12.7. The van der Waals surface area contributed by atoms with Gasteiger partial charge in [-0.1, -0.05) is 18.7 Å². The molecule has 0 spiro atoms. The maximum atomic E-state index is 12.3. The number of rotatable bonds is 10. The molecule has 2 heterocycles. The van der Waals surface area contributed by atoms with Crippen molar-refractivity contribution in [3.8, 4) is 17.0 Å². The van der Waals surface area contributed by atoms with Crippen molar-refractivity contribution < 1.29 is 9.53 Å². The van der Waals surface area contributed by atoms with Crippen LogP contribution in [0.25, 0.3) is 23.4 Å². The Morgan fingerprint density at radius 3 is 2.61 bits per heavy atom. The van der Waals surface area contributed by atoms with Crippen molar-refractivity contribution in [3.05, 3.63) is 53.4 Å². The van der Waals surface area contributed by atoms with Crippen LogP contribution in [0.1, 0.15) is 18.7 Å². The summed E-state index contributed by atoms with van der Waals surface area (Å²) in [6, 6.07) is 5.74. The SMILES string of the molecule is C=CC(=O)Nc1cc(Nc2cc(-c3cn(C)c4c3=CCCC=4)nc(C)n2)c(OC)cc1N(C)CCN(C)C. The molecule has 0 aliphatic heterocycles. The molecule has 0 saturated carbocycles. The molecule has 200 valence electrons. The Labute approximate surface area is 224 Å². The number of aromatic nitrogens is 3. The molecule has 38 heavy (non-hydrogen) atoms. The summed E-state index contributed by atoms with van der Waals surface area (Å²) in [6.07, 6.45) is 9.99. The average Bonchev–Trinajstić information content (AvgIpc) is 3.23. The van der Waals surface area contributed by atoms with Gasteiger partial charge in [-0.25, -0.2) is 9.97 Å². The van der Waals surface area contributed by atoms with E-state index in [1.165, 1.54) is 16.6 Å². The molecule has 9 heteroatoms. The second kappa shape index (κ2) is 11.5. The van der Waals surface area contributed by atoms with E-state index in [2.05, 4.69) is 62.0 Å². The van der Waals surface area contributed by atoms with E-state index in [4.69, 9.17) is 9.72 Å². The van der Waals surface area contributed by atoms with E-state index >= 15 is 0 Å². The largest absolute Gasteiger partial charge is 0.494 e. The Hall–Kier alpha value is -4.11. The van der Waals surface area contributed by atoms with Crippen molar-refractivity contribution in [2.45, 2.75) is 19.8 Å². The summed E-state index contributed by atoms with van der Waals surface area (Å²) in [5.74, 6) is 1.64. The highest BCUT2D eigenvalue weighted by atomic mass is 16.5. The van der Waals surface area contributed by atoms with Crippen LogP contribution in [0.4, 0.5) is 22.9 Å². The summed E-state index contributed by atoms with van der Waals surface area (Å²) in [7, 11) is 9.74. The van der Waals surface area contributed by atoms with Crippen LogP contribution >= 0.6 is 0 Å². The molecule has 9 nitrogen and oxygen atoms in total. The Bertz CT molecular complexity index is 1470. The highest BCUT2D eigenvalue weighted by Crippen LogP contribution is 2.38. The number of nitrogens with zero attached hydrogens (tertiary/aromatic N) is 5. The quantitative estimate of drug-likeness (QED) is 0.402. The van der Waals surface area contributed by atoms with Gasteiger partial charge in [0.2, 0.25) is 5.91 Å². The molecular weight excluding hydrogens is 478 g/mol. The van der Waals surface area contributed by atoms with Crippen LogP contribution in [-0.4, -0.2) is 66.7 Å². The Morgan fingerprint density at radius 2 is 1.89 bits per heavy atom. The number of hydrogen-bond acceptors (Lipinski definition) is 7. The molecule has 0 atom stereocenters. The van der Waals surface area contributed by atoms with Crippen molar-refractivity contribution in [1.29, 1.82) is 0 Å². The minimum absolute atomic E-state index is 0.287. The molecule has 1 amide bonds. The number of nitrogens with one attached hydrogen (secondary N) is 2. The zero-order chi connectivity index (χ0) is 27.4. The molecule has 2 aromatic heterocycles. The first-order chi connectivity index (χ1) is 18.2. The Morgan fingerprint density at radius 1 is 1.13 bits per heavy atom. The smallest absolute Gasteiger partial charge is 0.247 e. The maximum absolute atomic E-state index is 12.3. The molecule has 0 saturated heterocycles. The van der Waals surface area contributed by atoms with Crippen molar-refractivity contribution in [2.24, 2.45) is 7.05 Å². The van der Waals surface area contributed by atoms with Crippen LogP contribution in [0.5, 0.6) is 5.75 Å². The van der Waals surface area contributed by atoms with E-state index in [-0.39, 0.29) is 5.91 Å². The van der Waals surface area contributed by atoms with Crippen molar-refractivity contribution in [2.75, 3.05) is 56.9 Å². The standard InChI is InChI=1S/C29H37N7O2/c1-8-29(37)33-23-15-24(27(38-7)17-26(23)35(5)14-13-34(3)4)32-28-16-22(30-19(2)31-28)21-18-36(6)25-12-10-9-11-20(21)25/h8,11-12,15-18H,1,9-10,13-14H2,2-7H3,(H,33,37)(H,30,31,32). The Kier molecular flexibility index (Phi) is 8.16. The normalized spacial score (nSPS) is 12.3. The predicted octanol–water partition coefficient (Wildman–Crippen LogP) is 3.02. The first-order valence-electron chi connectivity index (χ1n) is 12.7. The second-order valence-corrected chi connectivity index (χ2v) is 9.74. The van der Waals surface area contributed by atoms with Gasteiger partial charge < -0.3 is 29.7 Å². The summed E-state index contributed by atoms with van der Waals surface area (Å²) in [5, 5.41) is 8.77. The summed E-state index contributed by atoms with van der Waals surface area (Å²) >= 11 is 0. The van der Waals surface area contributed by atoms with Crippen LogP contribution < -0.4 is 30.8 Å². The zero-order valence-electron chi connectivity index (χ0n) is 23.1. The van der Waals surface area contributed by atoms with Crippen LogP contribution in [0.3, 0.4) is 0 Å². The molecular formula is C29H37N7O2. The molecule has 3 aromatic rings. The third kappa shape index (κ3) is 5.89. The number of anilines is 4. The summed E-state index contributed by atoms with van der Waals surface area (Å²) in [4.78, 5) is 25.9. The summed E-state index contributed by atoms with van der Waals surface area (Å²) < 4.78 is 7.90. The number of likely N-dealkylation sites (N-methyl/N-ethyl adjacent to an activating group) is 2. The molecule has 1 aromatic carbocycles. The van der Waals surface area contributed by atoms with Gasteiger partial charge in [-0.15, -0.1) is 0 Å². The predicted molar refractivity (Wildman–Crippen MR) is 156 cm³/mol. The minimum Gasteiger partial charge on any atom is -0.494 e. The van der Waals surface area contributed by atoms with Crippen LogP contribution in [0.15, 0.2) is 37.1 Å². The zero-order valence-corrected chi connectivity index (χ0v) is 23.1. The monoisotopic (exact) mass is 515 g/mol. The maximum Gasteiger partial charge on any atom is 0.247 e. The minimum atomic E-state index is -0.287. The van der Waals surface area contributed by atoms with Gasteiger partial charge in [0.15, 0.2) is 0 Å². The topological polar surface area (TPSA) is 87.5 Å². The van der Waals surface area contributed by atoms with E-state index in [1.54, 1.807) is 7.11 Å². The van der Waals surface area contributed by atoms with Crippen molar-refractivity contribution >= 4 is 40.9 Å². The van der Waals surface area contributed by atoms with Gasteiger partial charge in [-0.3, -0.25) is 4.79 Å². The van der Waals surface area contributed by atoms with Crippen LogP contribution in [-0.2, 0) is 11.8 Å². The summed E-state index contributed by atoms with van der Waals surface area (Å²) in [5.41, 5.74) is 4.09. The van der Waals surface area contributed by atoms with Crippen LogP contribution in [0.2, 0.25) is 0 Å². The lowest BCUT2D eigenvalue weighted by molar-refractivity contribution is -0.111. The number of aryl methyl sites for hydroxylation is 2. The van der Waals surface area contributed by atoms with E-state index in [1.807, 2.05) is 46.3 Å². The van der Waals surface area contributed by atoms with E-state index in [9.17, 15) is 4.79 Å². The fraction of sp³-hybridized carbons (Fsp3) is 0.345. The molecule has 0 radical (unpaired) electrons. The Balaban J connectivity index is 1.74. The molecule has 0 unspecified atom stereocenters. The molecule has 1 aliphatic rings. The lowest BCUT2D eigenvalue weighted by atomic mass is 10.1. The highest BCUT2D eigenvalue weighted by molar-refractivity contribution is 6.02. The number of hydrogen-bond donors (Lipinski definition) is 2. The van der Waals surface area contributed by atoms with Gasteiger partial charge in [-0.05, 0) is 46.0 Å². The van der Waals surface area contributed by atoms with E-state index in [0.29, 0.717) is 28.8 Å². The average molecular weight is 516 g/mol. The van der Waals surface area contributed by atoms with E-state index in [0.717, 1.165) is 42.9 Å². The third-order valence-electron chi connectivity index (χ3n) is 6.55. The van der Waals surface area contributed by atoms with Crippen LogP contribution in [0, 0.1) is 6.92 Å².